The van der Waals surface area contributed by atoms with Crippen LogP contribution in [0.15, 0.2) is 18.2 Å². The van der Waals surface area contributed by atoms with Gasteiger partial charge in [0, 0.05) is 6.54 Å². The van der Waals surface area contributed by atoms with E-state index >= 15 is 0 Å². The predicted octanol–water partition coefficient (Wildman–Crippen LogP) is 0.979. The maximum Gasteiger partial charge on any atom is 0.258 e. The Kier molecular flexibility index (Phi) is 4.70. The van der Waals surface area contributed by atoms with Crippen LogP contribution in [0.4, 0.5) is 4.39 Å². The van der Waals surface area contributed by atoms with Crippen molar-refractivity contribution in [1.82, 2.24) is 5.32 Å². The van der Waals surface area contributed by atoms with Crippen LogP contribution in [0.2, 0.25) is 0 Å². The van der Waals surface area contributed by atoms with Crippen LogP contribution in [-0.4, -0.2) is 45.5 Å². The lowest BCUT2D eigenvalue weighted by atomic mass is 10.1. The van der Waals surface area contributed by atoms with E-state index in [9.17, 15) is 9.18 Å². The molecular formula is C13H16FNO4. The number of hydrogen-bond acceptors (Lipinski definition) is 4. The third kappa shape index (κ3) is 3.42. The molecule has 1 saturated heterocycles. The van der Waals surface area contributed by atoms with E-state index < -0.39 is 11.7 Å². The summed E-state index contributed by atoms with van der Waals surface area (Å²) in [5.41, 5.74) is -0.0956. The number of methoxy groups -OCH3 is 1. The SMILES string of the molecule is COc1cccc(F)c1C(=O)NC[C@H]1COCCO1. The number of amides is 1. The fourth-order valence-electron chi connectivity index (χ4n) is 1.84. The minimum Gasteiger partial charge on any atom is -0.496 e. The van der Waals surface area contributed by atoms with Gasteiger partial charge in [-0.25, -0.2) is 4.39 Å². The first kappa shape index (κ1) is 13.8. The summed E-state index contributed by atoms with van der Waals surface area (Å²) in [7, 11) is 1.39. The van der Waals surface area contributed by atoms with Crippen LogP contribution >= 0.6 is 0 Å². The van der Waals surface area contributed by atoms with Crippen LogP contribution in [0, 0.1) is 5.82 Å². The summed E-state index contributed by atoms with van der Waals surface area (Å²) in [6.07, 6.45) is -0.199. The molecule has 2 rings (SSSR count). The Balaban J connectivity index is 1.99. The lowest BCUT2D eigenvalue weighted by Crippen LogP contribution is -2.40. The molecule has 1 fully saturated rings. The normalized spacial score (nSPS) is 18.9. The van der Waals surface area contributed by atoms with Crippen molar-refractivity contribution in [2.75, 3.05) is 33.5 Å². The van der Waals surface area contributed by atoms with Crippen LogP contribution < -0.4 is 10.1 Å². The van der Waals surface area contributed by atoms with Crippen molar-refractivity contribution in [2.45, 2.75) is 6.10 Å². The molecule has 104 valence electrons. The highest BCUT2D eigenvalue weighted by atomic mass is 19.1. The minimum atomic E-state index is -0.613. The van der Waals surface area contributed by atoms with Crippen molar-refractivity contribution >= 4 is 5.91 Å². The Bertz CT molecular complexity index is 446. The number of ether oxygens (including phenoxy) is 3. The number of nitrogens with one attached hydrogen (secondary N) is 1. The maximum atomic E-state index is 13.7. The lowest BCUT2D eigenvalue weighted by Gasteiger charge is -2.23. The molecular weight excluding hydrogens is 253 g/mol. The molecule has 1 N–H and O–H groups in total. The second-order valence-electron chi connectivity index (χ2n) is 4.09. The van der Waals surface area contributed by atoms with Gasteiger partial charge in [-0.05, 0) is 12.1 Å². The zero-order valence-corrected chi connectivity index (χ0v) is 10.6. The van der Waals surface area contributed by atoms with Crippen LogP contribution in [0.25, 0.3) is 0 Å². The fourth-order valence-corrected chi connectivity index (χ4v) is 1.84. The van der Waals surface area contributed by atoms with E-state index in [1.54, 1.807) is 0 Å². The van der Waals surface area contributed by atoms with Crippen LogP contribution in [0.1, 0.15) is 10.4 Å². The highest BCUT2D eigenvalue weighted by molar-refractivity contribution is 5.97. The lowest BCUT2D eigenvalue weighted by molar-refractivity contribution is -0.0855. The number of carbonyl (C=O) groups excluding carboxylic acids is 1. The van der Waals surface area contributed by atoms with Gasteiger partial charge in [-0.3, -0.25) is 4.79 Å². The Hall–Kier alpha value is -1.66. The second-order valence-corrected chi connectivity index (χ2v) is 4.09. The molecule has 1 amide bonds. The van der Waals surface area contributed by atoms with Gasteiger partial charge in [-0.1, -0.05) is 6.07 Å². The molecule has 0 unspecified atom stereocenters. The molecule has 1 aliphatic heterocycles. The highest BCUT2D eigenvalue weighted by Gasteiger charge is 2.20. The molecule has 1 aromatic rings. The van der Waals surface area contributed by atoms with Gasteiger partial charge in [0.1, 0.15) is 17.1 Å². The zero-order chi connectivity index (χ0) is 13.7. The van der Waals surface area contributed by atoms with E-state index in [0.717, 1.165) is 0 Å². The third-order valence-electron chi connectivity index (χ3n) is 2.80. The van der Waals surface area contributed by atoms with Crippen molar-refractivity contribution in [3.05, 3.63) is 29.6 Å². The molecule has 19 heavy (non-hydrogen) atoms. The van der Waals surface area contributed by atoms with E-state index in [0.29, 0.717) is 19.8 Å². The minimum absolute atomic E-state index is 0.0956. The fraction of sp³-hybridized carbons (Fsp3) is 0.462. The predicted molar refractivity (Wildman–Crippen MR) is 65.8 cm³/mol. The summed E-state index contributed by atoms with van der Waals surface area (Å²) in [6.45, 7) is 1.76. The summed E-state index contributed by atoms with van der Waals surface area (Å²) in [6, 6.07) is 4.25. The number of hydrogen-bond donors (Lipinski definition) is 1. The van der Waals surface area contributed by atoms with Crippen molar-refractivity contribution in [3.8, 4) is 5.75 Å². The van der Waals surface area contributed by atoms with E-state index in [2.05, 4.69) is 5.32 Å². The average Bonchev–Trinajstić information content (AvgIpc) is 2.45. The average molecular weight is 269 g/mol. The van der Waals surface area contributed by atoms with Gasteiger partial charge in [0.2, 0.25) is 0 Å². The number of rotatable bonds is 4. The second kappa shape index (κ2) is 6.49. The first-order valence-electron chi connectivity index (χ1n) is 6.02. The van der Waals surface area contributed by atoms with Crippen LogP contribution in [0.3, 0.4) is 0 Å². The van der Waals surface area contributed by atoms with Crippen LogP contribution in [0.5, 0.6) is 5.75 Å². The Morgan fingerprint density at radius 3 is 3.05 bits per heavy atom. The van der Waals surface area contributed by atoms with Gasteiger partial charge in [-0.2, -0.15) is 0 Å². The van der Waals surface area contributed by atoms with Crippen molar-refractivity contribution < 1.29 is 23.4 Å². The molecule has 0 saturated carbocycles. The van der Waals surface area contributed by atoms with E-state index in [4.69, 9.17) is 14.2 Å². The molecule has 0 spiro atoms. The summed E-state index contributed by atoms with van der Waals surface area (Å²) in [5.74, 6) is -0.930. The quantitative estimate of drug-likeness (QED) is 0.885. The molecule has 1 heterocycles. The van der Waals surface area contributed by atoms with Gasteiger partial charge in [0.15, 0.2) is 0 Å². The van der Waals surface area contributed by atoms with Gasteiger partial charge in [0.05, 0.1) is 33.0 Å². The summed E-state index contributed by atoms with van der Waals surface area (Å²) in [5, 5.41) is 2.62. The molecule has 0 radical (unpaired) electrons. The number of carbonyl (C=O) groups is 1. The number of benzene rings is 1. The molecule has 6 heteroatoms. The highest BCUT2D eigenvalue weighted by Crippen LogP contribution is 2.20. The van der Waals surface area contributed by atoms with Crippen molar-refractivity contribution in [2.24, 2.45) is 0 Å². The molecule has 1 aliphatic rings. The van der Waals surface area contributed by atoms with Gasteiger partial charge in [-0.15, -0.1) is 0 Å². The summed E-state index contributed by atoms with van der Waals surface area (Å²) < 4.78 is 29.2. The van der Waals surface area contributed by atoms with E-state index in [1.807, 2.05) is 0 Å². The van der Waals surface area contributed by atoms with E-state index in [-0.39, 0.29) is 24.0 Å². The monoisotopic (exact) mass is 269 g/mol. The Morgan fingerprint density at radius 1 is 1.53 bits per heavy atom. The molecule has 0 aromatic heterocycles. The number of halogens is 1. The Morgan fingerprint density at radius 2 is 2.37 bits per heavy atom. The van der Waals surface area contributed by atoms with Crippen molar-refractivity contribution in [1.29, 1.82) is 0 Å². The third-order valence-corrected chi connectivity index (χ3v) is 2.80. The smallest absolute Gasteiger partial charge is 0.258 e. The topological polar surface area (TPSA) is 56.8 Å². The first-order chi connectivity index (χ1) is 9.22. The van der Waals surface area contributed by atoms with Gasteiger partial charge < -0.3 is 19.5 Å². The first-order valence-corrected chi connectivity index (χ1v) is 6.02. The van der Waals surface area contributed by atoms with Gasteiger partial charge in [0.25, 0.3) is 5.91 Å². The maximum absolute atomic E-state index is 13.7. The summed E-state index contributed by atoms with van der Waals surface area (Å²) >= 11 is 0. The summed E-state index contributed by atoms with van der Waals surface area (Å²) in [4.78, 5) is 12.0. The molecule has 5 nitrogen and oxygen atoms in total. The molecule has 1 aromatic carbocycles. The largest absolute Gasteiger partial charge is 0.496 e. The van der Waals surface area contributed by atoms with Gasteiger partial charge >= 0.3 is 0 Å². The molecule has 1 atom stereocenters. The van der Waals surface area contributed by atoms with E-state index in [1.165, 1.54) is 25.3 Å². The van der Waals surface area contributed by atoms with Crippen LogP contribution in [-0.2, 0) is 9.47 Å². The zero-order valence-electron chi connectivity index (χ0n) is 10.6. The molecule has 0 aliphatic carbocycles. The molecule has 0 bridgehead atoms. The Labute approximate surface area is 110 Å². The standard InChI is InChI=1S/C13H16FNO4/c1-17-11-4-2-3-10(14)12(11)13(16)15-7-9-8-18-5-6-19-9/h2-4,9H,5-8H2,1H3,(H,15,16)/t9-/m0/s1. The van der Waals surface area contributed by atoms with Crippen molar-refractivity contribution in [3.63, 3.8) is 0 Å².